The first-order valence-electron chi connectivity index (χ1n) is 6.35. The largest absolute Gasteiger partial charge is 0.484 e. The SMILES string of the molecule is CC(N)C1(C)CN1.CCO[SiH](OCC)OCC. The number of rotatable bonds is 7. The zero-order chi connectivity index (χ0) is 13.3. The summed E-state index contributed by atoms with van der Waals surface area (Å²) in [5.41, 5.74) is 5.85. The van der Waals surface area contributed by atoms with Crippen LogP contribution in [0.1, 0.15) is 34.6 Å². The van der Waals surface area contributed by atoms with Crippen LogP contribution in [-0.2, 0) is 13.3 Å². The van der Waals surface area contributed by atoms with Gasteiger partial charge in [0.25, 0.3) is 0 Å². The normalized spacial score (nSPS) is 24.2. The molecule has 1 aliphatic heterocycles. The molecule has 0 spiro atoms. The van der Waals surface area contributed by atoms with Crippen LogP contribution >= 0.6 is 0 Å². The number of nitrogens with two attached hydrogens (primary N) is 1. The van der Waals surface area contributed by atoms with E-state index >= 15 is 0 Å². The molecule has 0 aliphatic carbocycles. The van der Waals surface area contributed by atoms with Gasteiger partial charge in [-0.2, -0.15) is 0 Å². The molecule has 17 heavy (non-hydrogen) atoms. The fraction of sp³-hybridized carbons (Fsp3) is 1.00. The van der Waals surface area contributed by atoms with E-state index < -0.39 is 9.53 Å². The Morgan fingerprint density at radius 2 is 1.53 bits per heavy atom. The molecule has 1 aliphatic rings. The Balaban J connectivity index is 0.000000318. The Bertz CT molecular complexity index is 175. The number of nitrogens with one attached hydrogen (secondary N) is 1. The summed E-state index contributed by atoms with van der Waals surface area (Å²) >= 11 is 0. The standard InChI is InChI=1S/C6H16O3Si.C5H12N2/c1-4-7-10(8-5-2)9-6-3;1-4(6)5(2)3-7-5/h10H,4-6H2,1-3H3;4,7H,3,6H2,1-2H3. The second-order valence-electron chi connectivity index (χ2n) is 4.21. The average molecular weight is 264 g/mol. The van der Waals surface area contributed by atoms with Crippen LogP contribution in [0, 0.1) is 0 Å². The van der Waals surface area contributed by atoms with Gasteiger partial charge in [0.1, 0.15) is 0 Å². The molecule has 2 unspecified atom stereocenters. The van der Waals surface area contributed by atoms with Crippen molar-refractivity contribution >= 4 is 9.53 Å². The second-order valence-corrected chi connectivity index (χ2v) is 5.79. The first-order valence-corrected chi connectivity index (χ1v) is 7.77. The van der Waals surface area contributed by atoms with E-state index in [0.29, 0.717) is 25.9 Å². The summed E-state index contributed by atoms with van der Waals surface area (Å²) < 4.78 is 15.7. The lowest BCUT2D eigenvalue weighted by molar-refractivity contribution is 0.107. The van der Waals surface area contributed by atoms with Crippen LogP contribution in [0.2, 0.25) is 0 Å². The minimum atomic E-state index is -1.73. The van der Waals surface area contributed by atoms with Crippen molar-refractivity contribution in [3.8, 4) is 0 Å². The molecule has 104 valence electrons. The number of hydrogen-bond donors (Lipinski definition) is 2. The molecule has 1 saturated heterocycles. The molecule has 0 aromatic rings. The van der Waals surface area contributed by atoms with E-state index in [0.717, 1.165) is 6.54 Å². The predicted molar refractivity (Wildman–Crippen MR) is 72.1 cm³/mol. The monoisotopic (exact) mass is 264 g/mol. The van der Waals surface area contributed by atoms with Gasteiger partial charge >= 0.3 is 9.53 Å². The van der Waals surface area contributed by atoms with Gasteiger partial charge in [0.05, 0.1) is 0 Å². The molecule has 0 radical (unpaired) electrons. The Morgan fingerprint density at radius 1 is 1.18 bits per heavy atom. The van der Waals surface area contributed by atoms with E-state index in [1.165, 1.54) is 0 Å². The third-order valence-electron chi connectivity index (χ3n) is 2.65. The highest BCUT2D eigenvalue weighted by molar-refractivity contribution is 6.36. The van der Waals surface area contributed by atoms with Gasteiger partial charge in [-0.15, -0.1) is 0 Å². The zero-order valence-electron chi connectivity index (χ0n) is 11.8. The molecule has 0 amide bonds. The van der Waals surface area contributed by atoms with Gasteiger partial charge in [0, 0.05) is 37.9 Å². The van der Waals surface area contributed by atoms with Gasteiger partial charge in [-0.1, -0.05) is 0 Å². The highest BCUT2D eigenvalue weighted by atomic mass is 28.3. The molecule has 3 N–H and O–H groups in total. The Hall–Kier alpha value is 0.0169. The van der Waals surface area contributed by atoms with Crippen LogP contribution in [0.15, 0.2) is 0 Å². The van der Waals surface area contributed by atoms with Crippen molar-refractivity contribution in [1.82, 2.24) is 5.32 Å². The summed E-state index contributed by atoms with van der Waals surface area (Å²) in [4.78, 5) is 0. The van der Waals surface area contributed by atoms with Crippen LogP contribution in [0.5, 0.6) is 0 Å². The van der Waals surface area contributed by atoms with E-state index in [9.17, 15) is 0 Å². The molecule has 2 atom stereocenters. The molecule has 0 aromatic carbocycles. The fourth-order valence-corrected chi connectivity index (χ4v) is 2.12. The summed E-state index contributed by atoms with van der Waals surface area (Å²) in [5.74, 6) is 0. The predicted octanol–water partition coefficient (Wildman–Crippen LogP) is 0.509. The molecular formula is C11H28N2O3Si. The summed E-state index contributed by atoms with van der Waals surface area (Å²) in [5, 5.41) is 3.19. The first-order chi connectivity index (χ1) is 8.00. The van der Waals surface area contributed by atoms with E-state index in [4.69, 9.17) is 19.0 Å². The highest BCUT2D eigenvalue weighted by Crippen LogP contribution is 2.17. The summed E-state index contributed by atoms with van der Waals surface area (Å²) in [6, 6.07) is 0.299. The maximum atomic E-state index is 5.57. The number of hydrogen-bond acceptors (Lipinski definition) is 5. The Labute approximate surface area is 107 Å². The summed E-state index contributed by atoms with van der Waals surface area (Å²) in [6.07, 6.45) is 0. The van der Waals surface area contributed by atoms with Crippen LogP contribution < -0.4 is 11.1 Å². The Kier molecular flexibility index (Phi) is 9.02. The molecule has 6 heteroatoms. The maximum absolute atomic E-state index is 5.57. The quantitative estimate of drug-likeness (QED) is 0.517. The molecule has 1 rings (SSSR count). The lowest BCUT2D eigenvalue weighted by Crippen LogP contribution is -2.34. The smallest absolute Gasteiger partial charge is 0.376 e. The third kappa shape index (κ3) is 7.85. The van der Waals surface area contributed by atoms with Crippen LogP contribution in [-0.4, -0.2) is 47.5 Å². The van der Waals surface area contributed by atoms with Crippen molar-refractivity contribution < 1.29 is 13.3 Å². The van der Waals surface area contributed by atoms with Crippen molar-refractivity contribution in [2.45, 2.75) is 46.2 Å². The van der Waals surface area contributed by atoms with Crippen molar-refractivity contribution in [2.75, 3.05) is 26.4 Å². The third-order valence-corrected chi connectivity index (χ3v) is 4.46. The van der Waals surface area contributed by atoms with Gasteiger partial charge in [0.15, 0.2) is 0 Å². The first kappa shape index (κ1) is 17.0. The van der Waals surface area contributed by atoms with Gasteiger partial charge in [-0.3, -0.25) is 0 Å². The van der Waals surface area contributed by atoms with Crippen LogP contribution in [0.4, 0.5) is 0 Å². The zero-order valence-corrected chi connectivity index (χ0v) is 12.9. The fourth-order valence-electron chi connectivity index (χ4n) is 1.01. The summed E-state index contributed by atoms with van der Waals surface area (Å²) in [6.45, 7) is 13.1. The molecule has 0 aromatic heterocycles. The van der Waals surface area contributed by atoms with E-state index in [-0.39, 0.29) is 5.54 Å². The van der Waals surface area contributed by atoms with Gasteiger partial charge in [-0.05, 0) is 34.6 Å². The van der Waals surface area contributed by atoms with Crippen molar-refractivity contribution in [3.63, 3.8) is 0 Å². The minimum Gasteiger partial charge on any atom is -0.376 e. The lowest BCUT2D eigenvalue weighted by atomic mass is 10.1. The second kappa shape index (κ2) is 9.01. The minimum absolute atomic E-state index is 0.278. The molecule has 5 nitrogen and oxygen atoms in total. The maximum Gasteiger partial charge on any atom is 0.484 e. The lowest BCUT2D eigenvalue weighted by Gasteiger charge is -2.12. The van der Waals surface area contributed by atoms with E-state index in [1.807, 2.05) is 27.7 Å². The van der Waals surface area contributed by atoms with Crippen LogP contribution in [0.25, 0.3) is 0 Å². The van der Waals surface area contributed by atoms with Gasteiger partial charge < -0.3 is 24.3 Å². The Morgan fingerprint density at radius 3 is 1.65 bits per heavy atom. The molecule has 1 fully saturated rings. The van der Waals surface area contributed by atoms with Crippen LogP contribution in [0.3, 0.4) is 0 Å². The highest BCUT2D eigenvalue weighted by Gasteiger charge is 2.39. The van der Waals surface area contributed by atoms with E-state index in [2.05, 4.69) is 12.2 Å². The van der Waals surface area contributed by atoms with E-state index in [1.54, 1.807) is 0 Å². The van der Waals surface area contributed by atoms with Crippen molar-refractivity contribution in [2.24, 2.45) is 5.73 Å². The average Bonchev–Trinajstić information content (AvgIpc) is 3.00. The topological polar surface area (TPSA) is 75.7 Å². The van der Waals surface area contributed by atoms with Gasteiger partial charge in [-0.25, -0.2) is 0 Å². The summed E-state index contributed by atoms with van der Waals surface area (Å²) in [7, 11) is -1.73. The molecular weight excluding hydrogens is 236 g/mol. The van der Waals surface area contributed by atoms with Gasteiger partial charge in [0.2, 0.25) is 0 Å². The molecule has 0 bridgehead atoms. The van der Waals surface area contributed by atoms with Crippen molar-refractivity contribution in [3.05, 3.63) is 0 Å². The molecule has 1 heterocycles. The molecule has 0 saturated carbocycles. The van der Waals surface area contributed by atoms with Crippen molar-refractivity contribution in [1.29, 1.82) is 0 Å².